The van der Waals surface area contributed by atoms with Crippen LogP contribution in [-0.4, -0.2) is 19.9 Å². The van der Waals surface area contributed by atoms with Gasteiger partial charge in [0.2, 0.25) is 0 Å². The van der Waals surface area contributed by atoms with E-state index in [2.05, 4.69) is 143 Å². The van der Waals surface area contributed by atoms with E-state index in [-0.39, 0.29) is 0 Å². The molecule has 0 saturated carbocycles. The first-order chi connectivity index (χ1) is 20.8. The average Bonchev–Trinajstić information content (AvgIpc) is 3.85. The molecule has 2 aliphatic rings. The topological polar surface area (TPSA) is 57.4 Å². The van der Waals surface area contributed by atoms with Gasteiger partial charge in [-0.1, -0.05) is 91.0 Å². The molecule has 3 aromatic carbocycles. The highest BCUT2D eigenvalue weighted by molar-refractivity contribution is 6.00. The zero-order valence-electron chi connectivity index (χ0n) is 22.8. The third-order valence-electron chi connectivity index (χ3n) is 7.72. The molecular weight excluding hydrogens is 512 g/mol. The summed E-state index contributed by atoms with van der Waals surface area (Å²) in [6.07, 6.45) is 8.38. The fourth-order valence-corrected chi connectivity index (χ4v) is 5.82. The van der Waals surface area contributed by atoms with Crippen molar-refractivity contribution in [2.45, 2.75) is 0 Å². The minimum atomic E-state index is 0.895. The summed E-state index contributed by atoms with van der Waals surface area (Å²) in [6.45, 7) is 0. The number of aromatic amines is 2. The first-order valence-corrected chi connectivity index (χ1v) is 14.1. The lowest BCUT2D eigenvalue weighted by Crippen LogP contribution is -1.87. The van der Waals surface area contributed by atoms with Gasteiger partial charge in [-0.25, -0.2) is 9.97 Å². The summed E-state index contributed by atoms with van der Waals surface area (Å²) in [7, 11) is 0. The molecule has 0 saturated heterocycles. The van der Waals surface area contributed by atoms with Gasteiger partial charge in [0, 0.05) is 33.2 Å². The van der Waals surface area contributed by atoms with Crippen LogP contribution in [0.5, 0.6) is 0 Å². The molecule has 42 heavy (non-hydrogen) atoms. The predicted molar refractivity (Wildman–Crippen MR) is 175 cm³/mol. The third kappa shape index (κ3) is 4.36. The van der Waals surface area contributed by atoms with Crippen LogP contribution >= 0.6 is 0 Å². The molecule has 0 atom stereocenters. The molecule has 198 valence electrons. The van der Waals surface area contributed by atoms with E-state index in [1.165, 1.54) is 0 Å². The zero-order valence-corrected chi connectivity index (χ0v) is 22.8. The summed E-state index contributed by atoms with van der Waals surface area (Å²) >= 11 is 0. The van der Waals surface area contributed by atoms with Crippen LogP contribution in [0.25, 0.3) is 79.8 Å². The van der Waals surface area contributed by atoms with Gasteiger partial charge in [0.25, 0.3) is 0 Å². The molecule has 8 rings (SSSR count). The normalized spacial score (nSPS) is 12.1. The average molecular weight is 539 g/mol. The summed E-state index contributed by atoms with van der Waals surface area (Å²) in [5.41, 5.74) is 14.2. The number of benzene rings is 3. The first-order valence-electron chi connectivity index (χ1n) is 14.1. The van der Waals surface area contributed by atoms with Crippen molar-refractivity contribution in [2.75, 3.05) is 0 Å². The molecule has 6 aromatic rings. The number of hydrogen-bond acceptors (Lipinski definition) is 2. The summed E-state index contributed by atoms with van der Waals surface area (Å²) in [5, 5.41) is 0. The minimum absolute atomic E-state index is 0.895. The molecule has 4 nitrogen and oxygen atoms in total. The van der Waals surface area contributed by atoms with Gasteiger partial charge in [-0.2, -0.15) is 0 Å². The quantitative estimate of drug-likeness (QED) is 0.235. The van der Waals surface area contributed by atoms with Gasteiger partial charge >= 0.3 is 0 Å². The van der Waals surface area contributed by atoms with Gasteiger partial charge in [-0.15, -0.1) is 0 Å². The van der Waals surface area contributed by atoms with Gasteiger partial charge in [0.05, 0.1) is 28.3 Å². The molecule has 0 radical (unpaired) electrons. The molecule has 2 N–H and O–H groups in total. The zero-order chi connectivity index (χ0) is 27.9. The van der Waals surface area contributed by atoms with Crippen molar-refractivity contribution in [1.29, 1.82) is 0 Å². The Morgan fingerprint density at radius 3 is 1.62 bits per heavy atom. The molecule has 0 amide bonds. The van der Waals surface area contributed by atoms with Gasteiger partial charge in [-0.05, 0) is 71.3 Å². The molecule has 3 aromatic heterocycles. The monoisotopic (exact) mass is 538 g/mol. The summed E-state index contributed by atoms with van der Waals surface area (Å²) < 4.78 is 0. The maximum absolute atomic E-state index is 5.13. The molecular formula is C38H26N4. The van der Waals surface area contributed by atoms with Gasteiger partial charge < -0.3 is 9.97 Å². The van der Waals surface area contributed by atoms with Crippen LogP contribution in [0.15, 0.2) is 121 Å². The second kappa shape index (κ2) is 10.0. The fourth-order valence-electron chi connectivity index (χ4n) is 5.82. The van der Waals surface area contributed by atoms with Gasteiger partial charge in [0.1, 0.15) is 0 Å². The van der Waals surface area contributed by atoms with Crippen molar-refractivity contribution in [3.63, 3.8) is 0 Å². The van der Waals surface area contributed by atoms with Crippen LogP contribution < -0.4 is 0 Å². The smallest absolute Gasteiger partial charge is 0.0737 e. The fraction of sp³-hybridized carbons (Fsp3) is 0. The van der Waals surface area contributed by atoms with E-state index in [1.54, 1.807) is 0 Å². The predicted octanol–water partition coefficient (Wildman–Crippen LogP) is 9.66. The van der Waals surface area contributed by atoms with E-state index in [0.717, 1.165) is 78.2 Å². The van der Waals surface area contributed by atoms with Gasteiger partial charge in [-0.3, -0.25) is 0 Å². The van der Waals surface area contributed by atoms with E-state index in [0.29, 0.717) is 0 Å². The third-order valence-corrected chi connectivity index (χ3v) is 7.72. The van der Waals surface area contributed by atoms with Crippen molar-refractivity contribution in [2.24, 2.45) is 0 Å². The number of nitrogens with zero attached hydrogens (tertiary/aromatic N) is 2. The maximum atomic E-state index is 5.13. The molecule has 0 unspecified atom stereocenters. The van der Waals surface area contributed by atoms with Crippen molar-refractivity contribution in [3.8, 4) is 33.4 Å². The molecule has 4 heteroatoms. The van der Waals surface area contributed by atoms with Crippen molar-refractivity contribution < 1.29 is 0 Å². The molecule has 2 aliphatic heterocycles. The van der Waals surface area contributed by atoms with Crippen molar-refractivity contribution in [3.05, 3.63) is 144 Å². The molecule has 0 aliphatic carbocycles. The Kier molecular flexibility index (Phi) is 5.75. The highest BCUT2D eigenvalue weighted by atomic mass is 14.8. The SMILES string of the molecule is C1=Cc2nc1cc1cc(-c3ccccc3)c([nH]1)c(-c1ccccc1)c1nc(cc3ccc([nH]3)c2-c2ccccc2)C=C1. The number of H-pyrrole nitrogens is 2. The standard InChI is InChI=1S/C38H26N4/c1-4-10-25(11-5-1)32-24-31-23-30-17-20-34(40-30)36(26-12-6-2-7-13-26)33-19-16-28(39-33)22-29-18-21-35(41-29)37(38(32)42-31)27-14-8-3-9-15-27/h1-24,39,42H. The minimum Gasteiger partial charge on any atom is -0.355 e. The van der Waals surface area contributed by atoms with Crippen molar-refractivity contribution in [1.82, 2.24) is 19.9 Å². The van der Waals surface area contributed by atoms with Gasteiger partial charge in [0.15, 0.2) is 0 Å². The van der Waals surface area contributed by atoms with Crippen LogP contribution in [0.1, 0.15) is 22.8 Å². The van der Waals surface area contributed by atoms with Crippen LogP contribution in [0.2, 0.25) is 0 Å². The largest absolute Gasteiger partial charge is 0.355 e. The van der Waals surface area contributed by atoms with Crippen LogP contribution in [0, 0.1) is 0 Å². The lowest BCUT2D eigenvalue weighted by Gasteiger charge is -2.07. The summed E-state index contributed by atoms with van der Waals surface area (Å²) in [4.78, 5) is 17.6. The molecule has 8 bridgehead atoms. The van der Waals surface area contributed by atoms with Crippen LogP contribution in [-0.2, 0) is 0 Å². The lowest BCUT2D eigenvalue weighted by molar-refractivity contribution is 1.31. The Morgan fingerprint density at radius 1 is 0.429 bits per heavy atom. The van der Waals surface area contributed by atoms with E-state index in [9.17, 15) is 0 Å². The number of rotatable bonds is 3. The van der Waals surface area contributed by atoms with Crippen LogP contribution in [0.4, 0.5) is 0 Å². The second-order valence-corrected chi connectivity index (χ2v) is 10.5. The van der Waals surface area contributed by atoms with E-state index < -0.39 is 0 Å². The Labute approximate surface area is 243 Å². The number of hydrogen-bond donors (Lipinski definition) is 2. The number of nitrogens with one attached hydrogen (secondary N) is 2. The Balaban J connectivity index is 1.52. The Morgan fingerprint density at radius 2 is 0.976 bits per heavy atom. The number of fused-ring (bicyclic) bond motifs is 8. The van der Waals surface area contributed by atoms with Crippen LogP contribution in [0.3, 0.4) is 0 Å². The Bertz CT molecular complexity index is 2170. The first kappa shape index (κ1) is 24.1. The van der Waals surface area contributed by atoms with E-state index >= 15 is 0 Å². The maximum Gasteiger partial charge on any atom is 0.0737 e. The second-order valence-electron chi connectivity index (χ2n) is 10.5. The number of aromatic nitrogens is 4. The molecule has 0 fully saturated rings. The summed E-state index contributed by atoms with van der Waals surface area (Å²) in [5.74, 6) is 0. The molecule has 0 spiro atoms. The van der Waals surface area contributed by atoms with Crippen molar-refractivity contribution >= 4 is 46.4 Å². The van der Waals surface area contributed by atoms with E-state index in [1.807, 2.05) is 12.1 Å². The highest BCUT2D eigenvalue weighted by Crippen LogP contribution is 2.37. The summed E-state index contributed by atoms with van der Waals surface area (Å²) in [6, 6.07) is 42.1. The van der Waals surface area contributed by atoms with E-state index in [4.69, 9.17) is 9.97 Å². The highest BCUT2D eigenvalue weighted by Gasteiger charge is 2.16. The Hall–Kier alpha value is -5.74. The lowest BCUT2D eigenvalue weighted by atomic mass is 9.99. The molecule has 5 heterocycles.